The summed E-state index contributed by atoms with van der Waals surface area (Å²) >= 11 is 0. The zero-order chi connectivity index (χ0) is 19.4. The molecule has 2 unspecified atom stereocenters. The molecular formula is C22H23NO4. The zero-order valence-corrected chi connectivity index (χ0v) is 15.4. The molecule has 1 aliphatic rings. The fourth-order valence-electron chi connectivity index (χ4n) is 3.33. The van der Waals surface area contributed by atoms with Crippen molar-refractivity contribution < 1.29 is 19.4 Å². The average Bonchev–Trinajstić information content (AvgIpc) is 3.03. The Morgan fingerprint density at radius 1 is 1.07 bits per heavy atom. The second-order valence-electron chi connectivity index (χ2n) is 6.95. The SMILES string of the molecule is CC(C)C(NC(=O)OCC1C(c2ccccc2)=Cc2ccccc21)C(=O)O. The summed E-state index contributed by atoms with van der Waals surface area (Å²) in [5.41, 5.74) is 4.37. The van der Waals surface area contributed by atoms with Crippen LogP contribution in [-0.4, -0.2) is 29.8 Å². The number of alkyl carbamates (subject to hydrolysis) is 1. The van der Waals surface area contributed by atoms with Gasteiger partial charge in [0.05, 0.1) is 0 Å². The second kappa shape index (κ2) is 8.08. The van der Waals surface area contributed by atoms with Gasteiger partial charge in [-0.3, -0.25) is 0 Å². The highest BCUT2D eigenvalue weighted by molar-refractivity contribution is 5.91. The third-order valence-corrected chi connectivity index (χ3v) is 4.75. The normalized spacial score (nSPS) is 16.4. The minimum Gasteiger partial charge on any atom is -0.480 e. The molecule has 5 heteroatoms. The standard InChI is InChI=1S/C22H23NO4/c1-14(2)20(21(24)25)23-22(26)27-13-19-17-11-7-6-10-16(17)12-18(19)15-8-4-3-5-9-15/h3-12,14,19-20H,13H2,1-2H3,(H,23,26)(H,24,25). The van der Waals surface area contributed by atoms with Crippen molar-refractivity contribution in [2.75, 3.05) is 6.61 Å². The van der Waals surface area contributed by atoms with E-state index >= 15 is 0 Å². The Bertz CT molecular complexity index is 858. The number of hydrogen-bond donors (Lipinski definition) is 2. The molecule has 0 saturated carbocycles. The molecule has 0 heterocycles. The van der Waals surface area contributed by atoms with Crippen LogP contribution in [0.5, 0.6) is 0 Å². The Hall–Kier alpha value is -3.08. The molecule has 0 aliphatic heterocycles. The van der Waals surface area contributed by atoms with Crippen LogP contribution in [0.1, 0.15) is 36.5 Å². The monoisotopic (exact) mass is 365 g/mol. The first-order chi connectivity index (χ1) is 13.0. The molecule has 0 radical (unpaired) electrons. The van der Waals surface area contributed by atoms with Crippen molar-refractivity contribution in [3.8, 4) is 0 Å². The first kappa shape index (κ1) is 18.7. The van der Waals surface area contributed by atoms with Crippen LogP contribution in [0.2, 0.25) is 0 Å². The van der Waals surface area contributed by atoms with Gasteiger partial charge in [-0.05, 0) is 28.2 Å². The number of nitrogens with one attached hydrogen (secondary N) is 1. The highest BCUT2D eigenvalue weighted by Gasteiger charge is 2.29. The molecule has 2 aromatic rings. The van der Waals surface area contributed by atoms with E-state index in [0.717, 1.165) is 22.3 Å². The van der Waals surface area contributed by atoms with Crippen LogP contribution in [0.25, 0.3) is 11.6 Å². The number of ether oxygens (including phenoxy) is 1. The first-order valence-corrected chi connectivity index (χ1v) is 8.99. The summed E-state index contributed by atoms with van der Waals surface area (Å²) in [5.74, 6) is -1.39. The van der Waals surface area contributed by atoms with Crippen molar-refractivity contribution >= 4 is 23.7 Å². The Morgan fingerprint density at radius 2 is 1.74 bits per heavy atom. The topological polar surface area (TPSA) is 75.6 Å². The molecule has 1 amide bonds. The number of aliphatic carboxylic acids is 1. The van der Waals surface area contributed by atoms with Gasteiger partial charge in [-0.15, -0.1) is 0 Å². The van der Waals surface area contributed by atoms with Crippen LogP contribution >= 0.6 is 0 Å². The summed E-state index contributed by atoms with van der Waals surface area (Å²) in [6, 6.07) is 17.0. The van der Waals surface area contributed by atoms with Crippen LogP contribution in [-0.2, 0) is 9.53 Å². The predicted octanol–water partition coefficient (Wildman–Crippen LogP) is 4.16. The molecule has 5 nitrogen and oxygen atoms in total. The van der Waals surface area contributed by atoms with Gasteiger partial charge in [0.15, 0.2) is 0 Å². The number of rotatable bonds is 6. The minimum atomic E-state index is -1.07. The van der Waals surface area contributed by atoms with E-state index in [1.165, 1.54) is 0 Å². The van der Waals surface area contributed by atoms with Crippen LogP contribution < -0.4 is 5.32 Å². The lowest BCUT2D eigenvalue weighted by atomic mass is 9.92. The molecule has 0 spiro atoms. The maximum absolute atomic E-state index is 12.2. The third-order valence-electron chi connectivity index (χ3n) is 4.75. The molecule has 0 bridgehead atoms. The fourth-order valence-corrected chi connectivity index (χ4v) is 3.33. The van der Waals surface area contributed by atoms with Crippen molar-refractivity contribution in [2.45, 2.75) is 25.8 Å². The lowest BCUT2D eigenvalue weighted by Crippen LogP contribution is -2.44. The molecule has 0 aromatic heterocycles. The molecule has 2 N–H and O–H groups in total. The Kier molecular flexibility index (Phi) is 5.60. The van der Waals surface area contributed by atoms with Crippen molar-refractivity contribution in [1.29, 1.82) is 0 Å². The van der Waals surface area contributed by atoms with Gasteiger partial charge in [0.2, 0.25) is 0 Å². The van der Waals surface area contributed by atoms with Crippen LogP contribution in [0, 0.1) is 5.92 Å². The molecule has 2 atom stereocenters. The van der Waals surface area contributed by atoms with Crippen molar-refractivity contribution in [2.24, 2.45) is 5.92 Å². The molecule has 1 aliphatic carbocycles. The molecule has 27 heavy (non-hydrogen) atoms. The van der Waals surface area contributed by atoms with E-state index in [9.17, 15) is 14.7 Å². The first-order valence-electron chi connectivity index (χ1n) is 8.99. The van der Waals surface area contributed by atoms with Crippen molar-refractivity contribution in [1.82, 2.24) is 5.32 Å². The number of hydrogen-bond acceptors (Lipinski definition) is 3. The van der Waals surface area contributed by atoms with E-state index in [1.807, 2.05) is 54.6 Å². The van der Waals surface area contributed by atoms with Crippen LogP contribution in [0.15, 0.2) is 54.6 Å². The molecule has 140 valence electrons. The summed E-state index contributed by atoms with van der Waals surface area (Å²) in [5, 5.41) is 11.7. The number of carbonyl (C=O) groups is 2. The summed E-state index contributed by atoms with van der Waals surface area (Å²) < 4.78 is 5.41. The molecule has 3 rings (SSSR count). The summed E-state index contributed by atoms with van der Waals surface area (Å²) in [7, 11) is 0. The lowest BCUT2D eigenvalue weighted by Gasteiger charge is -2.20. The molecule has 0 fully saturated rings. The van der Waals surface area contributed by atoms with Gasteiger partial charge in [-0.25, -0.2) is 9.59 Å². The average molecular weight is 365 g/mol. The van der Waals surface area contributed by atoms with Gasteiger partial charge in [0, 0.05) is 5.92 Å². The summed E-state index contributed by atoms with van der Waals surface area (Å²) in [6.45, 7) is 3.62. The largest absolute Gasteiger partial charge is 0.480 e. The maximum atomic E-state index is 12.2. The number of amides is 1. The van der Waals surface area contributed by atoms with Gasteiger partial charge in [0.25, 0.3) is 0 Å². The van der Waals surface area contributed by atoms with Gasteiger partial charge in [-0.2, -0.15) is 0 Å². The predicted molar refractivity (Wildman–Crippen MR) is 104 cm³/mol. The van der Waals surface area contributed by atoms with E-state index in [2.05, 4.69) is 11.4 Å². The van der Waals surface area contributed by atoms with E-state index < -0.39 is 18.1 Å². The number of carboxylic acids is 1. The third kappa shape index (κ3) is 4.19. The Labute approximate surface area is 158 Å². The molecular weight excluding hydrogens is 342 g/mol. The zero-order valence-electron chi connectivity index (χ0n) is 15.4. The van der Waals surface area contributed by atoms with Gasteiger partial charge in [-0.1, -0.05) is 74.5 Å². The van der Waals surface area contributed by atoms with Crippen molar-refractivity contribution in [3.63, 3.8) is 0 Å². The van der Waals surface area contributed by atoms with E-state index in [4.69, 9.17) is 4.74 Å². The molecule has 2 aromatic carbocycles. The number of fused-ring (bicyclic) bond motifs is 1. The van der Waals surface area contributed by atoms with Crippen molar-refractivity contribution in [3.05, 3.63) is 71.3 Å². The van der Waals surface area contributed by atoms with Gasteiger partial charge >= 0.3 is 12.1 Å². The summed E-state index contributed by atoms with van der Waals surface area (Å²) in [4.78, 5) is 23.4. The van der Waals surface area contributed by atoms with E-state index in [0.29, 0.717) is 0 Å². The highest BCUT2D eigenvalue weighted by Crippen LogP contribution is 2.41. The van der Waals surface area contributed by atoms with Gasteiger partial charge in [0.1, 0.15) is 12.6 Å². The second-order valence-corrected chi connectivity index (χ2v) is 6.95. The van der Waals surface area contributed by atoms with Crippen LogP contribution in [0.3, 0.4) is 0 Å². The number of carboxylic acid groups (broad SMARTS) is 1. The summed E-state index contributed by atoms with van der Waals surface area (Å²) in [6.07, 6.45) is 1.40. The highest BCUT2D eigenvalue weighted by atomic mass is 16.5. The minimum absolute atomic E-state index is 0.0864. The number of carbonyl (C=O) groups excluding carboxylic acids is 1. The Morgan fingerprint density at radius 3 is 2.41 bits per heavy atom. The quantitative estimate of drug-likeness (QED) is 0.806. The van der Waals surface area contributed by atoms with Gasteiger partial charge < -0.3 is 15.2 Å². The Balaban J connectivity index is 1.75. The van der Waals surface area contributed by atoms with E-state index in [1.54, 1.807) is 13.8 Å². The van der Waals surface area contributed by atoms with Crippen LogP contribution in [0.4, 0.5) is 4.79 Å². The smallest absolute Gasteiger partial charge is 0.407 e. The molecule has 0 saturated heterocycles. The number of benzene rings is 2. The maximum Gasteiger partial charge on any atom is 0.407 e. The van der Waals surface area contributed by atoms with E-state index in [-0.39, 0.29) is 18.4 Å². The lowest BCUT2D eigenvalue weighted by molar-refractivity contribution is -0.140. The fraction of sp³-hybridized carbons (Fsp3) is 0.273.